The van der Waals surface area contributed by atoms with Crippen molar-refractivity contribution in [2.45, 2.75) is 12.8 Å². The molecule has 0 saturated carbocycles. The lowest BCUT2D eigenvalue weighted by Gasteiger charge is -2.17. The van der Waals surface area contributed by atoms with Crippen molar-refractivity contribution in [3.8, 4) is 5.82 Å². The van der Waals surface area contributed by atoms with E-state index in [9.17, 15) is 4.79 Å². The van der Waals surface area contributed by atoms with Crippen LogP contribution in [0, 0.1) is 0 Å². The molecule has 0 radical (unpaired) electrons. The molecule has 0 saturated heterocycles. The quantitative estimate of drug-likeness (QED) is 0.524. The average molecular weight is 395 g/mol. The number of pyridine rings is 1. The number of aromatic amines is 1. The number of anilines is 1. The highest BCUT2D eigenvalue weighted by Gasteiger charge is 2.14. The number of aliphatic hydroxyl groups excluding tert-OH is 1. The first kappa shape index (κ1) is 18.4. The van der Waals surface area contributed by atoms with Gasteiger partial charge in [-0.1, -0.05) is 24.3 Å². The molecule has 0 aliphatic heterocycles. The monoisotopic (exact) mass is 395 g/mol. The summed E-state index contributed by atoms with van der Waals surface area (Å²) in [6, 6.07) is 11.9. The van der Waals surface area contributed by atoms with E-state index >= 15 is 0 Å². The Morgan fingerprint density at radius 3 is 2.89 bits per heavy atom. The zero-order chi connectivity index (χ0) is 19.7. The summed E-state index contributed by atoms with van der Waals surface area (Å²) in [6.45, 7) is 2.76. The van der Waals surface area contributed by atoms with E-state index in [1.165, 1.54) is 11.3 Å². The van der Waals surface area contributed by atoms with Crippen molar-refractivity contribution in [2.24, 2.45) is 0 Å². The molecule has 28 heavy (non-hydrogen) atoms. The molecule has 1 atom stereocenters. The minimum absolute atomic E-state index is 0.0387. The zero-order valence-corrected chi connectivity index (χ0v) is 16.5. The number of benzene rings is 1. The largest absolute Gasteiger partial charge is 0.395 e. The molecule has 0 bridgehead atoms. The number of rotatable bonds is 6. The predicted molar refractivity (Wildman–Crippen MR) is 112 cm³/mol. The molecule has 144 valence electrons. The molecule has 0 fully saturated rings. The van der Waals surface area contributed by atoms with E-state index < -0.39 is 0 Å². The number of hydrogen-bond donors (Lipinski definition) is 2. The molecule has 0 aliphatic carbocycles. The van der Waals surface area contributed by atoms with Gasteiger partial charge in [-0.25, -0.2) is 9.67 Å². The molecule has 7 nitrogen and oxygen atoms in total. The Labute approximate surface area is 165 Å². The maximum Gasteiger partial charge on any atom is 0.305 e. The summed E-state index contributed by atoms with van der Waals surface area (Å²) in [5.41, 5.74) is 3.83. The fourth-order valence-corrected chi connectivity index (χ4v) is 3.84. The van der Waals surface area contributed by atoms with Crippen LogP contribution >= 0.6 is 11.3 Å². The Balaban J connectivity index is 1.56. The third-order valence-corrected chi connectivity index (χ3v) is 5.70. The Kier molecular flexibility index (Phi) is 4.97. The van der Waals surface area contributed by atoms with Crippen LogP contribution in [0.1, 0.15) is 24.1 Å². The van der Waals surface area contributed by atoms with Crippen LogP contribution in [0.4, 0.5) is 5.69 Å². The molecule has 4 rings (SSSR count). The van der Waals surface area contributed by atoms with E-state index in [0.29, 0.717) is 6.54 Å². The summed E-state index contributed by atoms with van der Waals surface area (Å²) in [7, 11) is 1.91. The third-order valence-electron chi connectivity index (χ3n) is 4.84. The number of nitrogens with one attached hydrogen (secondary N) is 1. The summed E-state index contributed by atoms with van der Waals surface area (Å²) >= 11 is 1.22. The van der Waals surface area contributed by atoms with Gasteiger partial charge in [-0.3, -0.25) is 4.79 Å². The second-order valence-corrected chi connectivity index (χ2v) is 7.71. The van der Waals surface area contributed by atoms with Crippen LogP contribution in [0.15, 0.2) is 53.6 Å². The summed E-state index contributed by atoms with van der Waals surface area (Å²) < 4.78 is 2.72. The molecule has 2 N–H and O–H groups in total. The van der Waals surface area contributed by atoms with Crippen LogP contribution in [-0.4, -0.2) is 45.1 Å². The van der Waals surface area contributed by atoms with Gasteiger partial charge < -0.3 is 15.0 Å². The topological polar surface area (TPSA) is 87.0 Å². The fourth-order valence-electron chi connectivity index (χ4n) is 3.12. The SMILES string of the molecule is CC(c1ccc2sc(=O)[nH]c2c1)c1ccn(-c2ccc(N(C)CCO)cn2)n1. The molecule has 1 aromatic carbocycles. The molecule has 8 heteroatoms. The molecule has 4 aromatic rings. The van der Waals surface area contributed by atoms with E-state index in [1.807, 2.05) is 54.5 Å². The fraction of sp³-hybridized carbons (Fsp3) is 0.250. The Morgan fingerprint density at radius 2 is 2.14 bits per heavy atom. The van der Waals surface area contributed by atoms with Crippen LogP contribution < -0.4 is 9.77 Å². The summed E-state index contributed by atoms with van der Waals surface area (Å²) in [5.74, 6) is 0.821. The smallest absolute Gasteiger partial charge is 0.305 e. The van der Waals surface area contributed by atoms with Crippen molar-refractivity contribution in [1.29, 1.82) is 0 Å². The molecule has 3 aromatic heterocycles. The molecular formula is C20H21N5O2S. The third kappa shape index (κ3) is 3.56. The lowest BCUT2D eigenvalue weighted by atomic mass is 9.98. The van der Waals surface area contributed by atoms with Gasteiger partial charge in [0.25, 0.3) is 0 Å². The first-order valence-corrected chi connectivity index (χ1v) is 9.83. The van der Waals surface area contributed by atoms with Gasteiger partial charge in [0, 0.05) is 25.7 Å². The summed E-state index contributed by atoms with van der Waals surface area (Å²) in [6.07, 6.45) is 3.67. The van der Waals surface area contributed by atoms with Gasteiger partial charge in [-0.05, 0) is 35.9 Å². The number of hydrogen-bond acceptors (Lipinski definition) is 6. The first-order chi connectivity index (χ1) is 13.5. The minimum atomic E-state index is -0.0387. The number of aromatic nitrogens is 4. The van der Waals surface area contributed by atoms with Gasteiger partial charge in [0.2, 0.25) is 0 Å². The van der Waals surface area contributed by atoms with Crippen molar-refractivity contribution in [3.63, 3.8) is 0 Å². The summed E-state index contributed by atoms with van der Waals surface area (Å²) in [5, 5.41) is 13.7. The van der Waals surface area contributed by atoms with Gasteiger partial charge in [0.1, 0.15) is 0 Å². The average Bonchev–Trinajstić information content (AvgIpc) is 3.33. The molecular weight excluding hydrogens is 374 g/mol. The lowest BCUT2D eigenvalue weighted by molar-refractivity contribution is 0.304. The molecule has 3 heterocycles. The van der Waals surface area contributed by atoms with Crippen molar-refractivity contribution >= 4 is 27.2 Å². The lowest BCUT2D eigenvalue weighted by Crippen LogP contribution is -2.21. The van der Waals surface area contributed by atoms with Gasteiger partial charge in [-0.15, -0.1) is 0 Å². The van der Waals surface area contributed by atoms with Gasteiger partial charge in [-0.2, -0.15) is 5.10 Å². The number of aliphatic hydroxyl groups is 1. The van der Waals surface area contributed by atoms with E-state index in [4.69, 9.17) is 5.11 Å². The first-order valence-electron chi connectivity index (χ1n) is 9.02. The molecule has 1 unspecified atom stereocenters. The Morgan fingerprint density at radius 1 is 1.29 bits per heavy atom. The highest BCUT2D eigenvalue weighted by Crippen LogP contribution is 2.26. The van der Waals surface area contributed by atoms with Crippen molar-refractivity contribution in [1.82, 2.24) is 19.7 Å². The minimum Gasteiger partial charge on any atom is -0.395 e. The second kappa shape index (κ2) is 7.57. The van der Waals surface area contributed by atoms with E-state index in [0.717, 1.165) is 33.0 Å². The number of H-pyrrole nitrogens is 1. The van der Waals surface area contributed by atoms with Gasteiger partial charge >= 0.3 is 4.87 Å². The van der Waals surface area contributed by atoms with Gasteiger partial charge in [0.15, 0.2) is 5.82 Å². The van der Waals surface area contributed by atoms with Crippen LogP contribution in [0.2, 0.25) is 0 Å². The molecule has 0 amide bonds. The van der Waals surface area contributed by atoms with Gasteiger partial charge in [0.05, 0.1) is 34.4 Å². The maximum atomic E-state index is 11.5. The van der Waals surface area contributed by atoms with Crippen LogP contribution in [0.3, 0.4) is 0 Å². The predicted octanol–water partition coefficient (Wildman–Crippen LogP) is 2.75. The van der Waals surface area contributed by atoms with Crippen LogP contribution in [0.5, 0.6) is 0 Å². The van der Waals surface area contributed by atoms with E-state index in [2.05, 4.69) is 22.0 Å². The standard InChI is InChI=1S/C20H21N5O2S/c1-13(14-3-5-18-17(11-14)22-20(27)28-18)16-7-8-25(23-16)19-6-4-15(12-21-19)24(2)9-10-26/h3-8,11-13,26H,9-10H2,1-2H3,(H,22,27). The normalized spacial score (nSPS) is 12.4. The number of fused-ring (bicyclic) bond motifs is 1. The van der Waals surface area contributed by atoms with E-state index in [1.54, 1.807) is 10.9 Å². The maximum absolute atomic E-state index is 11.5. The van der Waals surface area contributed by atoms with E-state index in [-0.39, 0.29) is 17.4 Å². The molecule has 0 aliphatic rings. The Bertz CT molecular complexity index is 1150. The number of likely N-dealkylation sites (N-methyl/N-ethyl adjacent to an activating group) is 1. The number of thiazole rings is 1. The van der Waals surface area contributed by atoms with Crippen LogP contribution in [-0.2, 0) is 0 Å². The van der Waals surface area contributed by atoms with Crippen molar-refractivity contribution in [2.75, 3.05) is 25.1 Å². The van der Waals surface area contributed by atoms with Crippen molar-refractivity contribution in [3.05, 3.63) is 69.7 Å². The highest BCUT2D eigenvalue weighted by molar-refractivity contribution is 7.16. The summed E-state index contributed by atoms with van der Waals surface area (Å²) in [4.78, 5) is 20.8. The Hall–Kier alpha value is -2.97. The van der Waals surface area contributed by atoms with Crippen molar-refractivity contribution < 1.29 is 5.11 Å². The number of nitrogens with zero attached hydrogens (tertiary/aromatic N) is 4. The highest BCUT2D eigenvalue weighted by atomic mass is 32.1. The molecule has 0 spiro atoms. The zero-order valence-electron chi connectivity index (χ0n) is 15.7. The second-order valence-electron chi connectivity index (χ2n) is 6.70. The van der Waals surface area contributed by atoms with Crippen LogP contribution in [0.25, 0.3) is 16.0 Å².